The molecule has 1 saturated carbocycles. The molecular weight excluding hydrogens is 303 g/mol. The van der Waals surface area contributed by atoms with E-state index < -0.39 is 0 Å². The summed E-state index contributed by atoms with van der Waals surface area (Å²) in [5.74, 6) is 0.0193. The number of hydrogen-bond donors (Lipinski definition) is 1. The molecule has 0 bridgehead atoms. The second-order valence-electron chi connectivity index (χ2n) is 6.21. The normalized spacial score (nSPS) is 20.5. The summed E-state index contributed by atoms with van der Waals surface area (Å²) in [7, 11) is 0. The van der Waals surface area contributed by atoms with Gasteiger partial charge in [0.2, 0.25) is 5.91 Å². The molecule has 2 fully saturated rings. The van der Waals surface area contributed by atoms with Crippen LogP contribution >= 0.6 is 12.4 Å². The van der Waals surface area contributed by atoms with Crippen LogP contribution in [0, 0.1) is 5.82 Å². The van der Waals surface area contributed by atoms with E-state index in [9.17, 15) is 9.18 Å². The van der Waals surface area contributed by atoms with Gasteiger partial charge in [0.25, 0.3) is 0 Å². The summed E-state index contributed by atoms with van der Waals surface area (Å²) in [5.41, 5.74) is 1.01. The molecule has 0 radical (unpaired) electrons. The molecule has 1 amide bonds. The van der Waals surface area contributed by atoms with Crippen LogP contribution in [0.5, 0.6) is 0 Å². The van der Waals surface area contributed by atoms with E-state index in [4.69, 9.17) is 0 Å². The minimum absolute atomic E-state index is 0. The van der Waals surface area contributed by atoms with Gasteiger partial charge in [-0.15, -0.1) is 12.4 Å². The smallest absolute Gasteiger partial charge is 0.223 e. The molecule has 0 spiro atoms. The van der Waals surface area contributed by atoms with Gasteiger partial charge in [-0.1, -0.05) is 12.1 Å². The number of amides is 1. The van der Waals surface area contributed by atoms with E-state index >= 15 is 0 Å². The maximum atomic E-state index is 13.0. The fourth-order valence-electron chi connectivity index (χ4n) is 3.04. The molecule has 3 rings (SSSR count). The van der Waals surface area contributed by atoms with Gasteiger partial charge < -0.3 is 10.2 Å². The van der Waals surface area contributed by atoms with E-state index in [1.165, 1.54) is 25.0 Å². The molecular formula is C17H24ClFN2O. The molecule has 22 heavy (non-hydrogen) atoms. The number of hydrogen-bond acceptors (Lipinski definition) is 2. The molecule has 1 saturated heterocycles. The molecule has 1 heterocycles. The van der Waals surface area contributed by atoms with Crippen molar-refractivity contribution in [3.63, 3.8) is 0 Å². The summed E-state index contributed by atoms with van der Waals surface area (Å²) >= 11 is 0. The zero-order chi connectivity index (χ0) is 14.7. The fourth-order valence-corrected chi connectivity index (χ4v) is 3.04. The molecule has 1 aliphatic carbocycles. The fraction of sp³-hybridized carbons (Fsp3) is 0.588. The second kappa shape index (κ2) is 7.93. The third-order valence-electron chi connectivity index (χ3n) is 4.44. The molecule has 5 heteroatoms. The summed E-state index contributed by atoms with van der Waals surface area (Å²) < 4.78 is 13.0. The van der Waals surface area contributed by atoms with Gasteiger partial charge in [-0.3, -0.25) is 4.79 Å². The van der Waals surface area contributed by atoms with Crippen LogP contribution in [-0.2, 0) is 11.3 Å². The predicted molar refractivity (Wildman–Crippen MR) is 87.5 cm³/mol. The lowest BCUT2D eigenvalue weighted by Crippen LogP contribution is -2.33. The van der Waals surface area contributed by atoms with E-state index in [1.807, 2.05) is 4.90 Å². The summed E-state index contributed by atoms with van der Waals surface area (Å²) in [6, 6.07) is 7.40. The van der Waals surface area contributed by atoms with Crippen molar-refractivity contribution in [3.8, 4) is 0 Å². The highest BCUT2D eigenvalue weighted by Crippen LogP contribution is 2.29. The first-order valence-electron chi connectivity index (χ1n) is 7.99. The summed E-state index contributed by atoms with van der Waals surface area (Å²) in [6.07, 6.45) is 6.18. The number of rotatable bonds is 6. The quantitative estimate of drug-likeness (QED) is 0.870. The molecule has 0 aromatic heterocycles. The zero-order valence-electron chi connectivity index (χ0n) is 12.8. The van der Waals surface area contributed by atoms with Gasteiger partial charge in [0.05, 0.1) is 0 Å². The highest BCUT2D eigenvalue weighted by atomic mass is 35.5. The minimum atomic E-state index is -0.227. The van der Waals surface area contributed by atoms with Crippen molar-refractivity contribution in [1.82, 2.24) is 10.2 Å². The standard InChI is InChI=1S/C17H23FN2O.ClH/c18-14-5-3-13(4-6-14)12-20(16-8-9-16)17(21)10-7-15-2-1-11-19-15;/h3-6,15-16,19H,1-2,7-12H2;1H. The summed E-state index contributed by atoms with van der Waals surface area (Å²) in [5, 5.41) is 3.44. The maximum Gasteiger partial charge on any atom is 0.223 e. The monoisotopic (exact) mass is 326 g/mol. The van der Waals surface area contributed by atoms with Gasteiger partial charge in [0.1, 0.15) is 5.82 Å². The lowest BCUT2D eigenvalue weighted by atomic mass is 10.1. The molecule has 1 aliphatic heterocycles. The van der Waals surface area contributed by atoms with Crippen LogP contribution in [-0.4, -0.2) is 29.4 Å². The topological polar surface area (TPSA) is 32.3 Å². The molecule has 1 atom stereocenters. The van der Waals surface area contributed by atoms with Crippen LogP contribution < -0.4 is 5.32 Å². The van der Waals surface area contributed by atoms with Crippen LogP contribution in [0.4, 0.5) is 4.39 Å². The lowest BCUT2D eigenvalue weighted by Gasteiger charge is -2.23. The van der Waals surface area contributed by atoms with E-state index in [1.54, 1.807) is 12.1 Å². The summed E-state index contributed by atoms with van der Waals surface area (Å²) in [6.45, 7) is 1.70. The first-order valence-corrected chi connectivity index (χ1v) is 7.99. The minimum Gasteiger partial charge on any atom is -0.335 e. The van der Waals surface area contributed by atoms with Crippen LogP contribution in [0.3, 0.4) is 0 Å². The number of nitrogens with one attached hydrogen (secondary N) is 1. The van der Waals surface area contributed by atoms with Crippen LogP contribution in [0.25, 0.3) is 0 Å². The van der Waals surface area contributed by atoms with Crippen molar-refractivity contribution in [2.24, 2.45) is 0 Å². The Morgan fingerprint density at radius 2 is 1.95 bits per heavy atom. The highest BCUT2D eigenvalue weighted by Gasteiger charge is 2.32. The van der Waals surface area contributed by atoms with Gasteiger partial charge in [-0.25, -0.2) is 4.39 Å². The molecule has 1 aromatic carbocycles. The van der Waals surface area contributed by atoms with Crippen molar-refractivity contribution in [1.29, 1.82) is 0 Å². The Morgan fingerprint density at radius 3 is 2.55 bits per heavy atom. The van der Waals surface area contributed by atoms with E-state index in [0.29, 0.717) is 25.0 Å². The average molecular weight is 327 g/mol. The largest absolute Gasteiger partial charge is 0.335 e. The predicted octanol–water partition coefficient (Wildman–Crippen LogP) is 3.27. The molecule has 122 valence electrons. The SMILES string of the molecule is Cl.O=C(CCC1CCCN1)N(Cc1ccc(F)cc1)C1CC1. The van der Waals surface area contributed by atoms with E-state index in [0.717, 1.165) is 31.4 Å². The average Bonchev–Trinajstić information content (AvgIpc) is 3.19. The number of carbonyl (C=O) groups excluding carboxylic acids is 1. The third-order valence-corrected chi connectivity index (χ3v) is 4.44. The number of halogens is 2. The van der Waals surface area contributed by atoms with Crippen LogP contribution in [0.2, 0.25) is 0 Å². The van der Waals surface area contributed by atoms with Gasteiger partial charge in [-0.2, -0.15) is 0 Å². The molecule has 1 N–H and O–H groups in total. The van der Waals surface area contributed by atoms with Crippen molar-refractivity contribution >= 4 is 18.3 Å². The van der Waals surface area contributed by atoms with Gasteiger partial charge in [-0.05, 0) is 56.3 Å². The first kappa shape index (κ1) is 17.2. The Morgan fingerprint density at radius 1 is 1.23 bits per heavy atom. The maximum absolute atomic E-state index is 13.0. The number of nitrogens with zero attached hydrogens (tertiary/aromatic N) is 1. The van der Waals surface area contributed by atoms with Gasteiger partial charge in [0, 0.05) is 25.0 Å². The Hall–Kier alpha value is -1.13. The van der Waals surface area contributed by atoms with Crippen molar-refractivity contribution in [3.05, 3.63) is 35.6 Å². The Kier molecular flexibility index (Phi) is 6.21. The van der Waals surface area contributed by atoms with Crippen molar-refractivity contribution in [2.75, 3.05) is 6.54 Å². The first-order chi connectivity index (χ1) is 10.2. The Bertz CT molecular complexity index is 484. The number of carbonyl (C=O) groups is 1. The highest BCUT2D eigenvalue weighted by molar-refractivity contribution is 5.85. The molecule has 2 aliphatic rings. The zero-order valence-corrected chi connectivity index (χ0v) is 13.6. The number of benzene rings is 1. The van der Waals surface area contributed by atoms with Gasteiger partial charge in [0.15, 0.2) is 0 Å². The van der Waals surface area contributed by atoms with E-state index in [2.05, 4.69) is 5.32 Å². The van der Waals surface area contributed by atoms with Crippen molar-refractivity contribution in [2.45, 2.75) is 57.2 Å². The second-order valence-corrected chi connectivity index (χ2v) is 6.21. The molecule has 1 aromatic rings. The van der Waals surface area contributed by atoms with E-state index in [-0.39, 0.29) is 24.1 Å². The Labute approximate surface area is 137 Å². The molecule has 1 unspecified atom stereocenters. The van der Waals surface area contributed by atoms with Gasteiger partial charge >= 0.3 is 0 Å². The molecule has 3 nitrogen and oxygen atoms in total. The van der Waals surface area contributed by atoms with Crippen LogP contribution in [0.1, 0.15) is 44.1 Å². The van der Waals surface area contributed by atoms with Crippen molar-refractivity contribution < 1.29 is 9.18 Å². The third kappa shape index (κ3) is 4.68. The Balaban J connectivity index is 0.00000176. The summed E-state index contributed by atoms with van der Waals surface area (Å²) in [4.78, 5) is 14.5. The lowest BCUT2D eigenvalue weighted by molar-refractivity contribution is -0.132. The van der Waals surface area contributed by atoms with Crippen LogP contribution in [0.15, 0.2) is 24.3 Å².